The van der Waals surface area contributed by atoms with Gasteiger partial charge < -0.3 is 10.2 Å². The minimum atomic E-state index is -0.537. The van der Waals surface area contributed by atoms with Crippen LogP contribution in [0.4, 0.5) is 11.4 Å². The highest BCUT2D eigenvalue weighted by molar-refractivity contribution is 6.00. The van der Waals surface area contributed by atoms with Gasteiger partial charge in [-0.1, -0.05) is 0 Å². The quantitative estimate of drug-likeness (QED) is 0.640. The van der Waals surface area contributed by atoms with Gasteiger partial charge >= 0.3 is 0 Å². The molecule has 0 spiro atoms. The number of amides is 1. The Kier molecular flexibility index (Phi) is 5.67. The van der Waals surface area contributed by atoms with E-state index in [-0.39, 0.29) is 29.6 Å². The van der Waals surface area contributed by atoms with Crippen LogP contribution < -0.4 is 5.32 Å². The van der Waals surface area contributed by atoms with Gasteiger partial charge in [-0.05, 0) is 19.9 Å². The highest BCUT2D eigenvalue weighted by Crippen LogP contribution is 2.23. The molecule has 0 heterocycles. The summed E-state index contributed by atoms with van der Waals surface area (Å²) in [6.45, 7) is 4.25. The number of nitriles is 1. The number of nitro groups is 1. The summed E-state index contributed by atoms with van der Waals surface area (Å²) in [4.78, 5) is 24.4. The van der Waals surface area contributed by atoms with Gasteiger partial charge in [-0.25, -0.2) is 0 Å². The summed E-state index contributed by atoms with van der Waals surface area (Å²) in [5.41, 5.74) is 0.620. The number of non-ortho nitro benzene ring substituents is 1. The fourth-order valence-corrected chi connectivity index (χ4v) is 1.94. The molecule has 1 amide bonds. The van der Waals surface area contributed by atoms with Crippen LogP contribution in [0.1, 0.15) is 24.2 Å². The smallest absolute Gasteiger partial charge is 0.270 e. The highest BCUT2D eigenvalue weighted by atomic mass is 16.6. The minimum absolute atomic E-state index is 0.137. The van der Waals surface area contributed by atoms with E-state index in [1.807, 2.05) is 0 Å². The van der Waals surface area contributed by atoms with E-state index in [0.29, 0.717) is 12.2 Å². The Hall–Kier alpha value is -2.62. The molecule has 1 aromatic rings. The molecule has 7 heteroatoms. The zero-order valence-corrected chi connectivity index (χ0v) is 12.3. The van der Waals surface area contributed by atoms with E-state index in [1.54, 1.807) is 20.9 Å². The lowest BCUT2D eigenvalue weighted by molar-refractivity contribution is -0.384. The first-order valence-electron chi connectivity index (χ1n) is 6.59. The molecular formula is C14H18N4O3. The van der Waals surface area contributed by atoms with Crippen LogP contribution in [-0.4, -0.2) is 35.9 Å². The maximum atomic E-state index is 12.5. The van der Waals surface area contributed by atoms with Crippen molar-refractivity contribution < 1.29 is 9.72 Å². The SMILES string of the molecule is CCN(CC(C)C#N)C(=O)c1cc([N+](=O)[O-])ccc1NC. The second kappa shape index (κ2) is 7.24. The number of anilines is 1. The Morgan fingerprint density at radius 1 is 1.57 bits per heavy atom. The van der Waals surface area contributed by atoms with Crippen molar-refractivity contribution in [2.45, 2.75) is 13.8 Å². The molecule has 0 aliphatic carbocycles. The third-order valence-electron chi connectivity index (χ3n) is 3.10. The Balaban J connectivity index is 3.17. The van der Waals surface area contributed by atoms with Crippen molar-refractivity contribution in [3.8, 4) is 6.07 Å². The average Bonchev–Trinajstić information content (AvgIpc) is 2.50. The number of nitro benzene ring substituents is 1. The molecule has 0 bridgehead atoms. The van der Waals surface area contributed by atoms with Crippen LogP contribution in [0.25, 0.3) is 0 Å². The molecule has 0 saturated heterocycles. The van der Waals surface area contributed by atoms with Crippen LogP contribution in [0.5, 0.6) is 0 Å². The Labute approximate surface area is 123 Å². The number of hydrogen-bond donors (Lipinski definition) is 1. The molecule has 0 fully saturated rings. The van der Waals surface area contributed by atoms with Crippen molar-refractivity contribution in [3.05, 3.63) is 33.9 Å². The molecule has 0 saturated carbocycles. The molecule has 0 aliphatic heterocycles. The van der Waals surface area contributed by atoms with Crippen molar-refractivity contribution in [2.24, 2.45) is 5.92 Å². The lowest BCUT2D eigenvalue weighted by Crippen LogP contribution is -2.34. The van der Waals surface area contributed by atoms with E-state index >= 15 is 0 Å². The van der Waals surface area contributed by atoms with Crippen LogP contribution >= 0.6 is 0 Å². The van der Waals surface area contributed by atoms with E-state index in [4.69, 9.17) is 5.26 Å². The Morgan fingerprint density at radius 3 is 2.71 bits per heavy atom. The van der Waals surface area contributed by atoms with Crippen molar-refractivity contribution in [3.63, 3.8) is 0 Å². The van der Waals surface area contributed by atoms with Crippen LogP contribution in [0.3, 0.4) is 0 Å². The summed E-state index contributed by atoms with van der Waals surface area (Å²) < 4.78 is 0. The van der Waals surface area contributed by atoms with E-state index < -0.39 is 4.92 Å². The second-order valence-electron chi connectivity index (χ2n) is 4.61. The molecular weight excluding hydrogens is 272 g/mol. The second-order valence-corrected chi connectivity index (χ2v) is 4.61. The molecule has 1 rings (SSSR count). The molecule has 7 nitrogen and oxygen atoms in total. The van der Waals surface area contributed by atoms with Crippen LogP contribution in [0, 0.1) is 27.4 Å². The van der Waals surface area contributed by atoms with Crippen molar-refractivity contribution >= 4 is 17.3 Å². The van der Waals surface area contributed by atoms with E-state index in [9.17, 15) is 14.9 Å². The third kappa shape index (κ3) is 3.92. The molecule has 1 aromatic carbocycles. The van der Waals surface area contributed by atoms with Crippen molar-refractivity contribution in [1.82, 2.24) is 4.90 Å². The maximum Gasteiger partial charge on any atom is 0.270 e. The van der Waals surface area contributed by atoms with Gasteiger partial charge in [0.25, 0.3) is 11.6 Å². The molecule has 21 heavy (non-hydrogen) atoms. The number of benzene rings is 1. The average molecular weight is 290 g/mol. The summed E-state index contributed by atoms with van der Waals surface area (Å²) in [5, 5.41) is 22.6. The van der Waals surface area contributed by atoms with Gasteiger partial charge in [-0.2, -0.15) is 5.26 Å². The summed E-state index contributed by atoms with van der Waals surface area (Å²) in [6, 6.07) is 6.19. The van der Waals surface area contributed by atoms with Gasteiger partial charge in [-0.3, -0.25) is 14.9 Å². The molecule has 0 aliphatic rings. The fraction of sp³-hybridized carbons (Fsp3) is 0.429. The van der Waals surface area contributed by atoms with Gasteiger partial charge in [-0.15, -0.1) is 0 Å². The zero-order chi connectivity index (χ0) is 16.0. The molecule has 112 valence electrons. The normalized spacial score (nSPS) is 11.3. The van der Waals surface area contributed by atoms with Gasteiger partial charge in [0.15, 0.2) is 0 Å². The minimum Gasteiger partial charge on any atom is -0.387 e. The summed E-state index contributed by atoms with van der Waals surface area (Å²) in [5.74, 6) is -0.627. The van der Waals surface area contributed by atoms with Crippen LogP contribution in [0.2, 0.25) is 0 Å². The monoisotopic (exact) mass is 290 g/mol. The standard InChI is InChI=1S/C14H18N4O3/c1-4-17(9-10(2)8-15)14(19)12-7-11(18(20)21)5-6-13(12)16-3/h5-7,10,16H,4,9H2,1-3H3. The summed E-state index contributed by atoms with van der Waals surface area (Å²) in [7, 11) is 1.64. The topological polar surface area (TPSA) is 99.3 Å². The van der Waals surface area contributed by atoms with Gasteiger partial charge in [0.1, 0.15) is 0 Å². The predicted octanol–water partition coefficient (Wildman–Crippen LogP) is 2.26. The van der Waals surface area contributed by atoms with E-state index in [1.165, 1.54) is 23.1 Å². The number of hydrogen-bond acceptors (Lipinski definition) is 5. The predicted molar refractivity (Wildman–Crippen MR) is 79.0 cm³/mol. The number of carbonyl (C=O) groups excluding carboxylic acids is 1. The van der Waals surface area contributed by atoms with E-state index in [0.717, 1.165) is 0 Å². The lowest BCUT2D eigenvalue weighted by atomic mass is 10.1. The molecule has 1 atom stereocenters. The first kappa shape index (κ1) is 16.4. The van der Waals surface area contributed by atoms with Crippen molar-refractivity contribution in [1.29, 1.82) is 5.26 Å². The number of nitrogens with zero attached hydrogens (tertiary/aromatic N) is 3. The largest absolute Gasteiger partial charge is 0.387 e. The Bertz CT molecular complexity index is 580. The number of rotatable bonds is 6. The first-order valence-corrected chi connectivity index (χ1v) is 6.59. The van der Waals surface area contributed by atoms with Crippen LogP contribution in [0.15, 0.2) is 18.2 Å². The molecule has 1 N–H and O–H groups in total. The van der Waals surface area contributed by atoms with Gasteiger partial charge in [0.05, 0.1) is 22.5 Å². The number of carbonyl (C=O) groups is 1. The van der Waals surface area contributed by atoms with Crippen molar-refractivity contribution in [2.75, 3.05) is 25.5 Å². The molecule has 0 aromatic heterocycles. The third-order valence-corrected chi connectivity index (χ3v) is 3.10. The summed E-state index contributed by atoms with van der Waals surface area (Å²) >= 11 is 0. The highest BCUT2D eigenvalue weighted by Gasteiger charge is 2.21. The lowest BCUT2D eigenvalue weighted by Gasteiger charge is -2.23. The number of nitrogens with one attached hydrogen (secondary N) is 1. The molecule has 1 unspecified atom stereocenters. The Morgan fingerprint density at radius 2 is 2.24 bits per heavy atom. The molecule has 0 radical (unpaired) electrons. The van der Waals surface area contributed by atoms with Gasteiger partial charge in [0, 0.05) is 38.0 Å². The van der Waals surface area contributed by atoms with E-state index in [2.05, 4.69) is 11.4 Å². The zero-order valence-electron chi connectivity index (χ0n) is 12.3. The van der Waals surface area contributed by atoms with Gasteiger partial charge in [0.2, 0.25) is 0 Å². The first-order chi connectivity index (χ1) is 9.94. The summed E-state index contributed by atoms with van der Waals surface area (Å²) in [6.07, 6.45) is 0. The van der Waals surface area contributed by atoms with Crippen LogP contribution in [-0.2, 0) is 0 Å². The fourth-order valence-electron chi connectivity index (χ4n) is 1.94. The maximum absolute atomic E-state index is 12.5.